The molecule has 0 unspecified atom stereocenters. The molecule has 0 bridgehead atoms. The summed E-state index contributed by atoms with van der Waals surface area (Å²) in [5.74, 6) is -0.391. The molecule has 1 aromatic heterocycles. The van der Waals surface area contributed by atoms with Crippen molar-refractivity contribution in [2.45, 2.75) is 32.2 Å². The highest BCUT2D eigenvalue weighted by Crippen LogP contribution is 2.25. The third-order valence-electron chi connectivity index (χ3n) is 4.62. The Morgan fingerprint density at radius 2 is 1.68 bits per heavy atom. The van der Waals surface area contributed by atoms with E-state index >= 15 is 0 Å². The zero-order valence-electron chi connectivity index (χ0n) is 16.6. The summed E-state index contributed by atoms with van der Waals surface area (Å²) in [4.78, 5) is 17.8. The van der Waals surface area contributed by atoms with Gasteiger partial charge in [0.25, 0.3) is 5.91 Å². The Labute approximate surface area is 168 Å². The number of amides is 1. The van der Waals surface area contributed by atoms with Crippen molar-refractivity contribution in [2.75, 3.05) is 14.1 Å². The first-order valence-electron chi connectivity index (χ1n) is 8.88. The number of benzene rings is 2. The standard InChI is InChI=1S/C20H23N3O3S2/c1-6-23-17-13(2)7-8-14(3)18(17)27-20(23)21-19(24)15-9-11-16(12-10-15)28(25,26)22(4)5/h7-12H,6H2,1-5H3. The molecule has 0 aliphatic heterocycles. The summed E-state index contributed by atoms with van der Waals surface area (Å²) in [5, 5.41) is 0. The summed E-state index contributed by atoms with van der Waals surface area (Å²) < 4.78 is 28.6. The van der Waals surface area contributed by atoms with Gasteiger partial charge >= 0.3 is 0 Å². The molecule has 0 saturated heterocycles. The van der Waals surface area contributed by atoms with E-state index in [1.807, 2.05) is 18.4 Å². The maximum atomic E-state index is 12.7. The first kappa shape index (κ1) is 20.4. The lowest BCUT2D eigenvalue weighted by molar-refractivity contribution is 0.0997. The lowest BCUT2D eigenvalue weighted by atomic mass is 10.1. The van der Waals surface area contributed by atoms with Crippen LogP contribution in [0.4, 0.5) is 0 Å². The number of hydrogen-bond acceptors (Lipinski definition) is 4. The van der Waals surface area contributed by atoms with E-state index in [2.05, 4.69) is 24.0 Å². The van der Waals surface area contributed by atoms with Gasteiger partial charge in [-0.25, -0.2) is 12.7 Å². The van der Waals surface area contributed by atoms with Gasteiger partial charge in [0.1, 0.15) is 0 Å². The minimum absolute atomic E-state index is 0.144. The maximum absolute atomic E-state index is 12.7. The molecule has 28 heavy (non-hydrogen) atoms. The van der Waals surface area contributed by atoms with E-state index in [9.17, 15) is 13.2 Å². The molecule has 1 heterocycles. The number of hydrogen-bond donors (Lipinski definition) is 0. The third kappa shape index (κ3) is 3.55. The van der Waals surface area contributed by atoms with Crippen molar-refractivity contribution >= 4 is 37.5 Å². The molecule has 0 aliphatic carbocycles. The van der Waals surface area contributed by atoms with E-state index in [-0.39, 0.29) is 4.90 Å². The Morgan fingerprint density at radius 3 is 2.25 bits per heavy atom. The van der Waals surface area contributed by atoms with Gasteiger partial charge < -0.3 is 4.57 Å². The molecule has 3 aromatic rings. The molecule has 0 radical (unpaired) electrons. The summed E-state index contributed by atoms with van der Waals surface area (Å²) in [6, 6.07) is 10.0. The van der Waals surface area contributed by atoms with E-state index < -0.39 is 15.9 Å². The zero-order chi connectivity index (χ0) is 20.6. The largest absolute Gasteiger partial charge is 0.316 e. The Hall–Kier alpha value is -2.29. The lowest BCUT2D eigenvalue weighted by Crippen LogP contribution is -2.22. The van der Waals surface area contributed by atoms with E-state index in [1.54, 1.807) is 0 Å². The zero-order valence-corrected chi connectivity index (χ0v) is 18.2. The van der Waals surface area contributed by atoms with Gasteiger partial charge in [-0.15, -0.1) is 0 Å². The van der Waals surface area contributed by atoms with Gasteiger partial charge in [-0.2, -0.15) is 4.99 Å². The molecule has 2 aromatic carbocycles. The first-order valence-corrected chi connectivity index (χ1v) is 11.1. The smallest absolute Gasteiger partial charge is 0.279 e. The Morgan fingerprint density at radius 1 is 1.07 bits per heavy atom. The van der Waals surface area contributed by atoms with Crippen LogP contribution in [-0.2, 0) is 16.6 Å². The number of sulfonamides is 1. The number of carbonyl (C=O) groups excluding carboxylic acids is 1. The van der Waals surface area contributed by atoms with Gasteiger partial charge in [-0.05, 0) is 56.2 Å². The predicted octanol–water partition coefficient (Wildman–Crippen LogP) is 3.33. The molecule has 0 N–H and O–H groups in total. The summed E-state index contributed by atoms with van der Waals surface area (Å²) in [5.41, 5.74) is 3.75. The van der Waals surface area contributed by atoms with Crippen LogP contribution in [0.15, 0.2) is 46.3 Å². The Kier molecular flexibility index (Phi) is 5.56. The van der Waals surface area contributed by atoms with Crippen LogP contribution in [0, 0.1) is 13.8 Å². The van der Waals surface area contributed by atoms with Crippen molar-refractivity contribution in [3.8, 4) is 0 Å². The molecule has 0 atom stereocenters. The SMILES string of the molecule is CCn1c(=NC(=O)c2ccc(S(=O)(=O)N(C)C)cc2)sc2c(C)ccc(C)c21. The van der Waals surface area contributed by atoms with Crippen LogP contribution in [0.1, 0.15) is 28.4 Å². The molecular formula is C20H23N3O3S2. The van der Waals surface area contributed by atoms with Gasteiger partial charge in [0.05, 0.1) is 15.1 Å². The number of nitrogens with zero attached hydrogens (tertiary/aromatic N) is 3. The molecule has 6 nitrogen and oxygen atoms in total. The maximum Gasteiger partial charge on any atom is 0.279 e. The molecule has 8 heteroatoms. The molecule has 148 valence electrons. The van der Waals surface area contributed by atoms with Crippen LogP contribution < -0.4 is 4.80 Å². The number of carbonyl (C=O) groups is 1. The number of thiazole rings is 1. The van der Waals surface area contributed by atoms with Gasteiger partial charge in [0, 0.05) is 26.2 Å². The van der Waals surface area contributed by atoms with Crippen LogP contribution in [0.25, 0.3) is 10.2 Å². The van der Waals surface area contributed by atoms with Crippen molar-refractivity contribution < 1.29 is 13.2 Å². The minimum atomic E-state index is -3.53. The van der Waals surface area contributed by atoms with Crippen molar-refractivity contribution in [1.29, 1.82) is 0 Å². The fraction of sp³-hybridized carbons (Fsp3) is 0.300. The van der Waals surface area contributed by atoms with Crippen molar-refractivity contribution in [1.82, 2.24) is 8.87 Å². The number of rotatable bonds is 4. The highest BCUT2D eigenvalue weighted by molar-refractivity contribution is 7.89. The number of fused-ring (bicyclic) bond motifs is 1. The van der Waals surface area contributed by atoms with Gasteiger partial charge in [0.2, 0.25) is 10.0 Å². The average molecular weight is 418 g/mol. The second kappa shape index (κ2) is 7.62. The normalized spacial score (nSPS) is 12.9. The summed E-state index contributed by atoms with van der Waals surface area (Å²) in [6.07, 6.45) is 0. The van der Waals surface area contributed by atoms with E-state index in [1.165, 1.54) is 49.7 Å². The molecular weight excluding hydrogens is 394 g/mol. The average Bonchev–Trinajstić information content (AvgIpc) is 3.04. The van der Waals surface area contributed by atoms with Gasteiger partial charge in [0.15, 0.2) is 4.80 Å². The summed E-state index contributed by atoms with van der Waals surface area (Å²) in [6.45, 7) is 6.83. The Balaban J connectivity index is 2.06. The monoisotopic (exact) mass is 417 g/mol. The molecule has 1 amide bonds. The highest BCUT2D eigenvalue weighted by atomic mass is 32.2. The second-order valence-corrected chi connectivity index (χ2v) is 9.86. The molecule has 0 spiro atoms. The summed E-state index contributed by atoms with van der Waals surface area (Å²) >= 11 is 1.50. The quantitative estimate of drug-likeness (QED) is 0.654. The highest BCUT2D eigenvalue weighted by Gasteiger charge is 2.18. The van der Waals surface area contributed by atoms with Crippen LogP contribution in [-0.4, -0.2) is 37.3 Å². The second-order valence-electron chi connectivity index (χ2n) is 6.73. The predicted molar refractivity (Wildman–Crippen MR) is 112 cm³/mol. The summed E-state index contributed by atoms with van der Waals surface area (Å²) in [7, 11) is -0.585. The lowest BCUT2D eigenvalue weighted by Gasteiger charge is -2.11. The molecule has 0 fully saturated rings. The Bertz CT molecular complexity index is 1220. The first-order chi connectivity index (χ1) is 13.2. The fourth-order valence-electron chi connectivity index (χ4n) is 2.99. The van der Waals surface area contributed by atoms with E-state index in [0.29, 0.717) is 16.9 Å². The van der Waals surface area contributed by atoms with Crippen LogP contribution in [0.5, 0.6) is 0 Å². The van der Waals surface area contributed by atoms with Crippen molar-refractivity contribution in [3.63, 3.8) is 0 Å². The molecule has 0 aliphatic rings. The van der Waals surface area contributed by atoms with Gasteiger partial charge in [-0.1, -0.05) is 23.5 Å². The minimum Gasteiger partial charge on any atom is -0.316 e. The van der Waals surface area contributed by atoms with E-state index in [0.717, 1.165) is 25.6 Å². The fourth-order valence-corrected chi connectivity index (χ4v) is 5.13. The van der Waals surface area contributed by atoms with E-state index in [4.69, 9.17) is 0 Å². The number of aryl methyl sites for hydroxylation is 3. The van der Waals surface area contributed by atoms with Crippen molar-refractivity contribution in [3.05, 3.63) is 57.9 Å². The third-order valence-corrected chi connectivity index (χ3v) is 7.66. The van der Waals surface area contributed by atoms with Crippen molar-refractivity contribution in [2.24, 2.45) is 4.99 Å². The molecule has 3 rings (SSSR count). The van der Waals surface area contributed by atoms with Crippen LogP contribution >= 0.6 is 11.3 Å². The number of aromatic nitrogens is 1. The molecule has 0 saturated carbocycles. The topological polar surface area (TPSA) is 71.7 Å². The van der Waals surface area contributed by atoms with Crippen LogP contribution in [0.3, 0.4) is 0 Å². The van der Waals surface area contributed by atoms with Gasteiger partial charge in [-0.3, -0.25) is 4.79 Å². The van der Waals surface area contributed by atoms with Crippen LogP contribution in [0.2, 0.25) is 0 Å².